The van der Waals surface area contributed by atoms with Crippen LogP contribution >= 0.6 is 0 Å². The molecule has 2 aromatic rings. The standard InChI is InChI=1S/C22H30N4O3/c1-28-19-9-7-17(8-10-19)22-24-20(29-25-22)3-2-4-21(27)26-13-11-18(12-14-26)23-15-16-5-6-16/h7-10,16,18,23H,2-6,11-15H2,1H3. The van der Waals surface area contributed by atoms with Crippen molar-refractivity contribution >= 4 is 5.91 Å². The van der Waals surface area contributed by atoms with E-state index in [1.807, 2.05) is 29.2 Å². The van der Waals surface area contributed by atoms with Crippen molar-refractivity contribution in [2.45, 2.75) is 51.0 Å². The largest absolute Gasteiger partial charge is 0.497 e. The van der Waals surface area contributed by atoms with Crippen LogP contribution < -0.4 is 10.1 Å². The first-order valence-corrected chi connectivity index (χ1v) is 10.7. The van der Waals surface area contributed by atoms with E-state index in [9.17, 15) is 4.79 Å². The molecule has 1 aromatic heterocycles. The van der Waals surface area contributed by atoms with E-state index in [-0.39, 0.29) is 5.91 Å². The monoisotopic (exact) mass is 398 g/mol. The lowest BCUT2D eigenvalue weighted by Gasteiger charge is -2.32. The lowest BCUT2D eigenvalue weighted by Crippen LogP contribution is -2.45. The van der Waals surface area contributed by atoms with Gasteiger partial charge in [-0.3, -0.25) is 4.79 Å². The highest BCUT2D eigenvalue weighted by atomic mass is 16.5. The molecule has 1 N–H and O–H groups in total. The van der Waals surface area contributed by atoms with Gasteiger partial charge >= 0.3 is 0 Å². The van der Waals surface area contributed by atoms with E-state index in [0.717, 1.165) is 56.1 Å². The van der Waals surface area contributed by atoms with E-state index >= 15 is 0 Å². The van der Waals surface area contributed by atoms with Crippen LogP contribution in [0.2, 0.25) is 0 Å². The number of hydrogen-bond acceptors (Lipinski definition) is 6. The van der Waals surface area contributed by atoms with Gasteiger partial charge < -0.3 is 19.5 Å². The molecule has 1 saturated carbocycles. The number of likely N-dealkylation sites (tertiary alicyclic amines) is 1. The topological polar surface area (TPSA) is 80.5 Å². The molecule has 2 aliphatic rings. The molecule has 4 rings (SSSR count). The number of hydrogen-bond donors (Lipinski definition) is 1. The van der Waals surface area contributed by atoms with Crippen LogP contribution in [0.3, 0.4) is 0 Å². The Bertz CT molecular complexity index is 793. The second kappa shape index (κ2) is 9.39. The number of amides is 1. The smallest absolute Gasteiger partial charge is 0.226 e. The zero-order valence-electron chi connectivity index (χ0n) is 17.1. The third-order valence-corrected chi connectivity index (χ3v) is 5.84. The van der Waals surface area contributed by atoms with Crippen LogP contribution in [0.15, 0.2) is 28.8 Å². The van der Waals surface area contributed by atoms with Crippen LogP contribution in [0, 0.1) is 5.92 Å². The highest BCUT2D eigenvalue weighted by molar-refractivity contribution is 5.76. The summed E-state index contributed by atoms with van der Waals surface area (Å²) in [6.45, 7) is 2.88. The molecule has 0 bridgehead atoms. The zero-order valence-corrected chi connectivity index (χ0v) is 17.1. The lowest BCUT2D eigenvalue weighted by molar-refractivity contribution is -0.132. The Morgan fingerprint density at radius 2 is 1.97 bits per heavy atom. The fourth-order valence-corrected chi connectivity index (χ4v) is 3.75. The number of aryl methyl sites for hydroxylation is 1. The van der Waals surface area contributed by atoms with E-state index in [1.165, 1.54) is 12.8 Å². The number of carbonyl (C=O) groups is 1. The molecule has 0 spiro atoms. The molecule has 0 radical (unpaired) electrons. The Labute approximate surface area is 171 Å². The number of nitrogens with one attached hydrogen (secondary N) is 1. The summed E-state index contributed by atoms with van der Waals surface area (Å²) in [7, 11) is 1.64. The van der Waals surface area contributed by atoms with Crippen LogP contribution in [0.5, 0.6) is 5.75 Å². The van der Waals surface area contributed by atoms with Crippen LogP contribution in [-0.2, 0) is 11.2 Å². The Kier molecular flexibility index (Phi) is 6.44. The molecule has 0 atom stereocenters. The van der Waals surface area contributed by atoms with Crippen molar-refractivity contribution in [1.82, 2.24) is 20.4 Å². The molecular formula is C22H30N4O3. The van der Waals surface area contributed by atoms with Crippen molar-refractivity contribution in [3.8, 4) is 17.1 Å². The normalized spacial score (nSPS) is 17.5. The van der Waals surface area contributed by atoms with Gasteiger partial charge in [-0.2, -0.15) is 4.98 Å². The number of benzene rings is 1. The Morgan fingerprint density at radius 1 is 1.21 bits per heavy atom. The summed E-state index contributed by atoms with van der Waals surface area (Å²) in [5, 5.41) is 7.70. The zero-order chi connectivity index (χ0) is 20.1. The average molecular weight is 399 g/mol. The van der Waals surface area contributed by atoms with E-state index in [1.54, 1.807) is 7.11 Å². The molecule has 7 heteroatoms. The first kappa shape index (κ1) is 19.9. The minimum absolute atomic E-state index is 0.237. The maximum Gasteiger partial charge on any atom is 0.226 e. The number of methoxy groups -OCH3 is 1. The van der Waals surface area contributed by atoms with Gasteiger partial charge in [0, 0.05) is 37.5 Å². The molecule has 0 unspecified atom stereocenters. The molecule has 1 aliphatic carbocycles. The highest BCUT2D eigenvalue weighted by Crippen LogP contribution is 2.28. The van der Waals surface area contributed by atoms with Gasteiger partial charge in [-0.15, -0.1) is 0 Å². The number of rotatable bonds is 9. The summed E-state index contributed by atoms with van der Waals surface area (Å²) in [4.78, 5) is 18.9. The van der Waals surface area contributed by atoms with Crippen LogP contribution in [-0.4, -0.2) is 53.7 Å². The Hall–Kier alpha value is -2.41. The molecule has 1 amide bonds. The number of aromatic nitrogens is 2. The van der Waals surface area contributed by atoms with Crippen molar-refractivity contribution in [2.75, 3.05) is 26.7 Å². The number of nitrogens with zero attached hydrogens (tertiary/aromatic N) is 3. The van der Waals surface area contributed by atoms with Gasteiger partial charge in [0.1, 0.15) is 5.75 Å². The molecule has 29 heavy (non-hydrogen) atoms. The SMILES string of the molecule is COc1ccc(-c2noc(CCCC(=O)N3CCC(NCC4CC4)CC3)n2)cc1. The van der Waals surface area contributed by atoms with Crippen molar-refractivity contribution in [1.29, 1.82) is 0 Å². The number of piperidine rings is 1. The summed E-state index contributed by atoms with van der Waals surface area (Å²) in [6.07, 6.45) is 6.76. The number of carbonyl (C=O) groups excluding carboxylic acids is 1. The minimum Gasteiger partial charge on any atom is -0.497 e. The Balaban J connectivity index is 1.17. The summed E-state index contributed by atoms with van der Waals surface area (Å²) in [5.74, 6) is 3.07. The predicted molar refractivity (Wildman–Crippen MR) is 110 cm³/mol. The van der Waals surface area contributed by atoms with Gasteiger partial charge in [0.05, 0.1) is 7.11 Å². The molecular weight excluding hydrogens is 368 g/mol. The Morgan fingerprint density at radius 3 is 2.66 bits per heavy atom. The first-order valence-electron chi connectivity index (χ1n) is 10.7. The van der Waals surface area contributed by atoms with Gasteiger partial charge in [-0.1, -0.05) is 5.16 Å². The fraction of sp³-hybridized carbons (Fsp3) is 0.591. The third-order valence-electron chi connectivity index (χ3n) is 5.84. The van der Waals surface area contributed by atoms with Crippen LogP contribution in [0.1, 0.15) is 44.4 Å². The highest BCUT2D eigenvalue weighted by Gasteiger charge is 2.25. The molecule has 2 heterocycles. The lowest BCUT2D eigenvalue weighted by atomic mass is 10.0. The molecule has 156 valence electrons. The summed E-state index contributed by atoms with van der Waals surface area (Å²) in [6, 6.07) is 8.12. The predicted octanol–water partition coefficient (Wildman–Crippen LogP) is 3.06. The molecule has 2 fully saturated rings. The molecule has 1 aromatic carbocycles. The van der Waals surface area contributed by atoms with Gasteiger partial charge in [0.25, 0.3) is 0 Å². The van der Waals surface area contributed by atoms with Crippen molar-refractivity contribution in [3.63, 3.8) is 0 Å². The summed E-state index contributed by atoms with van der Waals surface area (Å²) >= 11 is 0. The first-order chi connectivity index (χ1) is 14.2. The maximum atomic E-state index is 12.5. The van der Waals surface area contributed by atoms with Crippen molar-refractivity contribution < 1.29 is 14.1 Å². The second-order valence-electron chi connectivity index (χ2n) is 8.10. The fourth-order valence-electron chi connectivity index (χ4n) is 3.75. The van der Waals surface area contributed by atoms with E-state index in [0.29, 0.717) is 30.6 Å². The second-order valence-corrected chi connectivity index (χ2v) is 8.10. The van der Waals surface area contributed by atoms with E-state index in [4.69, 9.17) is 9.26 Å². The summed E-state index contributed by atoms with van der Waals surface area (Å²) in [5.41, 5.74) is 0.884. The quantitative estimate of drug-likeness (QED) is 0.699. The average Bonchev–Trinajstić information content (AvgIpc) is 3.48. The van der Waals surface area contributed by atoms with Crippen LogP contribution in [0.25, 0.3) is 11.4 Å². The maximum absolute atomic E-state index is 12.5. The van der Waals surface area contributed by atoms with E-state index in [2.05, 4.69) is 15.5 Å². The molecule has 1 saturated heterocycles. The molecule has 7 nitrogen and oxygen atoms in total. The summed E-state index contributed by atoms with van der Waals surface area (Å²) < 4.78 is 10.5. The number of ether oxygens (including phenoxy) is 1. The van der Waals surface area contributed by atoms with Gasteiger partial charge in [-0.05, 0) is 68.8 Å². The minimum atomic E-state index is 0.237. The van der Waals surface area contributed by atoms with Crippen molar-refractivity contribution in [3.05, 3.63) is 30.2 Å². The van der Waals surface area contributed by atoms with Gasteiger partial charge in [0.15, 0.2) is 0 Å². The van der Waals surface area contributed by atoms with Crippen LogP contribution in [0.4, 0.5) is 0 Å². The van der Waals surface area contributed by atoms with E-state index < -0.39 is 0 Å². The van der Waals surface area contributed by atoms with Gasteiger partial charge in [-0.25, -0.2) is 0 Å². The molecule has 1 aliphatic heterocycles. The van der Waals surface area contributed by atoms with Crippen molar-refractivity contribution in [2.24, 2.45) is 5.92 Å². The third kappa shape index (κ3) is 5.56. The van der Waals surface area contributed by atoms with Gasteiger partial charge in [0.2, 0.25) is 17.6 Å².